The normalized spacial score (nSPS) is 18.1. The lowest BCUT2D eigenvalue weighted by atomic mass is 9.92. The number of amides is 2. The minimum absolute atomic E-state index is 0.0316. The second-order valence-electron chi connectivity index (χ2n) is 9.29. The minimum atomic E-state index is -2.63. The zero-order valence-corrected chi connectivity index (χ0v) is 20.3. The maximum absolute atomic E-state index is 13.5. The van der Waals surface area contributed by atoms with E-state index in [1.54, 1.807) is 11.6 Å². The predicted molar refractivity (Wildman–Crippen MR) is 134 cm³/mol. The van der Waals surface area contributed by atoms with Gasteiger partial charge in [0.05, 0.1) is 15.8 Å². The summed E-state index contributed by atoms with van der Waals surface area (Å²) in [6.45, 7) is 0. The van der Waals surface area contributed by atoms with E-state index in [1.165, 1.54) is 22.7 Å². The molecule has 0 spiro atoms. The molecule has 2 amide bonds. The average molecular weight is 513 g/mol. The van der Waals surface area contributed by atoms with Crippen molar-refractivity contribution in [2.75, 3.05) is 5.32 Å². The Hall–Kier alpha value is -2.98. The fourth-order valence-corrected chi connectivity index (χ4v) is 6.19. The summed E-state index contributed by atoms with van der Waals surface area (Å²) in [6, 6.07) is 7.58. The van der Waals surface area contributed by atoms with Gasteiger partial charge in [-0.25, -0.2) is 18.7 Å². The molecule has 2 aliphatic rings. The van der Waals surface area contributed by atoms with Gasteiger partial charge in [0.2, 0.25) is 11.8 Å². The summed E-state index contributed by atoms with van der Waals surface area (Å²) in [5, 5.41) is 8.95. The van der Waals surface area contributed by atoms with Crippen molar-refractivity contribution >= 4 is 60.1 Å². The fourth-order valence-electron chi connectivity index (χ4n) is 4.41. The monoisotopic (exact) mass is 512 g/mol. The molecule has 0 atom stereocenters. The molecule has 1 aromatic carbocycles. The summed E-state index contributed by atoms with van der Waals surface area (Å²) in [5.74, 6) is -2.73. The van der Waals surface area contributed by atoms with E-state index in [-0.39, 0.29) is 49.5 Å². The number of aromatic nitrogens is 2. The molecule has 3 aromatic heterocycles. The molecule has 180 valence electrons. The van der Waals surface area contributed by atoms with Crippen molar-refractivity contribution in [3.05, 3.63) is 41.4 Å². The van der Waals surface area contributed by atoms with Crippen LogP contribution < -0.4 is 10.6 Å². The highest BCUT2D eigenvalue weighted by molar-refractivity contribution is 7.22. The lowest BCUT2D eigenvalue weighted by Crippen LogP contribution is -2.40. The van der Waals surface area contributed by atoms with Gasteiger partial charge in [-0.2, -0.15) is 0 Å². The van der Waals surface area contributed by atoms with Crippen molar-refractivity contribution in [1.29, 1.82) is 0 Å². The Morgan fingerprint density at radius 2 is 1.86 bits per heavy atom. The SMILES string of the molecule is O=C(NC1CCC(F)(F)CC1)c1csc2ncc(-c3ccc4nc(NC(=O)C5CC5)sc4c3)cc12. The number of pyridine rings is 1. The van der Waals surface area contributed by atoms with E-state index in [4.69, 9.17) is 0 Å². The highest BCUT2D eigenvalue weighted by Gasteiger charge is 2.35. The molecule has 2 aliphatic carbocycles. The van der Waals surface area contributed by atoms with E-state index in [2.05, 4.69) is 20.6 Å². The van der Waals surface area contributed by atoms with Crippen molar-refractivity contribution in [1.82, 2.24) is 15.3 Å². The summed E-state index contributed by atoms with van der Waals surface area (Å²) in [7, 11) is 0. The predicted octanol–water partition coefficient (Wildman–Crippen LogP) is 6.23. The van der Waals surface area contributed by atoms with Gasteiger partial charge in [0, 0.05) is 47.3 Å². The Kier molecular flexibility index (Phi) is 5.52. The van der Waals surface area contributed by atoms with E-state index in [0.29, 0.717) is 10.7 Å². The summed E-state index contributed by atoms with van der Waals surface area (Å²) < 4.78 is 27.9. The fraction of sp³-hybridized carbons (Fsp3) is 0.360. The molecular weight excluding hydrogens is 490 g/mol. The van der Waals surface area contributed by atoms with Crippen LogP contribution in [-0.4, -0.2) is 33.7 Å². The third kappa shape index (κ3) is 4.64. The first-order chi connectivity index (χ1) is 16.8. The zero-order valence-electron chi connectivity index (χ0n) is 18.6. The third-order valence-electron chi connectivity index (χ3n) is 6.63. The Morgan fingerprint density at radius 3 is 2.63 bits per heavy atom. The lowest BCUT2D eigenvalue weighted by Gasteiger charge is -2.28. The number of halogens is 2. The van der Waals surface area contributed by atoms with Gasteiger partial charge in [0.1, 0.15) is 4.83 Å². The number of hydrogen-bond donors (Lipinski definition) is 2. The van der Waals surface area contributed by atoms with Gasteiger partial charge in [-0.1, -0.05) is 17.4 Å². The smallest absolute Gasteiger partial charge is 0.253 e. The zero-order chi connectivity index (χ0) is 24.2. The van der Waals surface area contributed by atoms with E-state index in [0.717, 1.165) is 44.4 Å². The molecule has 2 N–H and O–H groups in total. The first-order valence-corrected chi connectivity index (χ1v) is 13.3. The topological polar surface area (TPSA) is 84.0 Å². The molecule has 0 unspecified atom stereocenters. The minimum Gasteiger partial charge on any atom is -0.349 e. The highest BCUT2D eigenvalue weighted by atomic mass is 32.1. The summed E-state index contributed by atoms with van der Waals surface area (Å²) >= 11 is 2.82. The number of thiazole rings is 1. The van der Waals surface area contributed by atoms with Gasteiger partial charge >= 0.3 is 0 Å². The van der Waals surface area contributed by atoms with Crippen LogP contribution in [0.2, 0.25) is 0 Å². The van der Waals surface area contributed by atoms with Gasteiger partial charge in [-0.05, 0) is 49.4 Å². The van der Waals surface area contributed by atoms with E-state index < -0.39 is 5.92 Å². The van der Waals surface area contributed by atoms with Crippen LogP contribution in [-0.2, 0) is 4.79 Å². The van der Waals surface area contributed by atoms with Crippen LogP contribution in [0.3, 0.4) is 0 Å². The number of carbonyl (C=O) groups excluding carboxylic acids is 2. The molecule has 6 nitrogen and oxygen atoms in total. The number of nitrogens with one attached hydrogen (secondary N) is 2. The average Bonchev–Trinajstić information content (AvgIpc) is 3.48. The molecular formula is C25H22F2N4O2S2. The second-order valence-corrected chi connectivity index (χ2v) is 11.2. The quantitative estimate of drug-likeness (QED) is 0.332. The molecule has 2 fully saturated rings. The molecule has 0 radical (unpaired) electrons. The molecule has 6 rings (SSSR count). The summed E-state index contributed by atoms with van der Waals surface area (Å²) in [6.07, 6.45) is 3.83. The standard InChI is InChI=1S/C25H22F2N4O2S2/c26-25(27)7-5-16(6-8-25)29-22(33)18-12-34-23-17(18)9-15(11-28-23)14-3-4-19-20(10-14)35-24(30-19)31-21(32)13-1-2-13/h3-4,9-13,16H,1-2,5-8H2,(H,29,33)(H,30,31,32). The first-order valence-electron chi connectivity index (χ1n) is 11.6. The second kappa shape index (κ2) is 8.60. The highest BCUT2D eigenvalue weighted by Crippen LogP contribution is 2.36. The summed E-state index contributed by atoms with van der Waals surface area (Å²) in [5.41, 5.74) is 3.12. The van der Waals surface area contributed by atoms with Crippen LogP contribution in [0.1, 0.15) is 48.9 Å². The van der Waals surface area contributed by atoms with Crippen LogP contribution in [0.5, 0.6) is 0 Å². The molecule has 0 aliphatic heterocycles. The number of hydrogen-bond acceptors (Lipinski definition) is 6. The van der Waals surface area contributed by atoms with E-state index in [1.807, 2.05) is 24.3 Å². The van der Waals surface area contributed by atoms with Crippen molar-refractivity contribution in [3.63, 3.8) is 0 Å². The van der Waals surface area contributed by atoms with Crippen LogP contribution in [0.4, 0.5) is 13.9 Å². The van der Waals surface area contributed by atoms with Crippen molar-refractivity contribution in [2.24, 2.45) is 5.92 Å². The molecule has 10 heteroatoms. The lowest BCUT2D eigenvalue weighted by molar-refractivity contribution is -0.117. The number of anilines is 1. The number of alkyl halides is 2. The molecule has 35 heavy (non-hydrogen) atoms. The number of carbonyl (C=O) groups is 2. The van der Waals surface area contributed by atoms with E-state index in [9.17, 15) is 18.4 Å². The van der Waals surface area contributed by atoms with E-state index >= 15 is 0 Å². The first kappa shape index (κ1) is 22.5. The number of thiophene rings is 1. The van der Waals surface area contributed by atoms with Gasteiger partial charge in [0.15, 0.2) is 5.13 Å². The van der Waals surface area contributed by atoms with Crippen molar-refractivity contribution < 1.29 is 18.4 Å². The van der Waals surface area contributed by atoms with Crippen LogP contribution >= 0.6 is 22.7 Å². The van der Waals surface area contributed by atoms with Crippen molar-refractivity contribution in [3.8, 4) is 11.1 Å². The van der Waals surface area contributed by atoms with Gasteiger partial charge in [-0.3, -0.25) is 9.59 Å². The number of rotatable bonds is 5. The molecule has 3 heterocycles. The van der Waals surface area contributed by atoms with Crippen LogP contribution in [0, 0.1) is 5.92 Å². The molecule has 0 saturated heterocycles. The Bertz CT molecular complexity index is 1450. The summed E-state index contributed by atoms with van der Waals surface area (Å²) in [4.78, 5) is 34.8. The van der Waals surface area contributed by atoms with Gasteiger partial charge in [-0.15, -0.1) is 11.3 Å². The Balaban J connectivity index is 1.24. The Morgan fingerprint density at radius 1 is 1.06 bits per heavy atom. The number of nitrogens with zero attached hydrogens (tertiary/aromatic N) is 2. The molecule has 2 saturated carbocycles. The maximum Gasteiger partial charge on any atom is 0.253 e. The van der Waals surface area contributed by atoms with Crippen LogP contribution in [0.15, 0.2) is 35.8 Å². The third-order valence-corrected chi connectivity index (χ3v) is 8.46. The largest absolute Gasteiger partial charge is 0.349 e. The number of fused-ring (bicyclic) bond motifs is 2. The van der Waals surface area contributed by atoms with Crippen LogP contribution in [0.25, 0.3) is 31.6 Å². The Labute approximate surface area is 207 Å². The maximum atomic E-state index is 13.5. The molecule has 0 bridgehead atoms. The molecule has 4 aromatic rings. The van der Waals surface area contributed by atoms with Crippen molar-refractivity contribution in [2.45, 2.75) is 50.5 Å². The number of benzene rings is 1. The van der Waals surface area contributed by atoms with Gasteiger partial charge in [0.25, 0.3) is 5.91 Å². The van der Waals surface area contributed by atoms with Gasteiger partial charge < -0.3 is 10.6 Å².